The van der Waals surface area contributed by atoms with Gasteiger partial charge in [-0.15, -0.1) is 0 Å². The van der Waals surface area contributed by atoms with Crippen LogP contribution in [0.1, 0.15) is 68.1 Å². The largest absolute Gasteiger partial charge is 0.497 e. The first-order chi connectivity index (χ1) is 15.1. The highest BCUT2D eigenvalue weighted by Gasteiger charge is 2.29. The number of hydrogen-bond donors (Lipinski definition) is 2. The van der Waals surface area contributed by atoms with Crippen molar-refractivity contribution in [2.24, 2.45) is 0 Å². The molecular formula is C24H35N3O4. The number of carbonyl (C=O) groups is 2. The summed E-state index contributed by atoms with van der Waals surface area (Å²) in [6, 6.07) is 5.56. The molecule has 1 atom stereocenters. The minimum atomic E-state index is -0.510. The topological polar surface area (TPSA) is 79.9 Å². The first kappa shape index (κ1) is 21.9. The molecule has 2 heterocycles. The summed E-state index contributed by atoms with van der Waals surface area (Å²) in [6.07, 6.45) is 9.87. The molecule has 2 saturated heterocycles. The maximum atomic E-state index is 13.1. The average molecular weight is 430 g/mol. The lowest BCUT2D eigenvalue weighted by Gasteiger charge is -2.36. The molecule has 4 rings (SSSR count). The fourth-order valence-corrected chi connectivity index (χ4v) is 5.04. The lowest BCUT2D eigenvalue weighted by atomic mass is 10.0. The van der Waals surface area contributed by atoms with E-state index in [9.17, 15) is 9.59 Å². The predicted octanol–water partition coefficient (Wildman–Crippen LogP) is 2.88. The summed E-state index contributed by atoms with van der Waals surface area (Å²) >= 11 is 0. The van der Waals surface area contributed by atoms with Gasteiger partial charge in [0.2, 0.25) is 5.91 Å². The van der Waals surface area contributed by atoms with Crippen molar-refractivity contribution in [3.8, 4) is 11.5 Å². The van der Waals surface area contributed by atoms with Gasteiger partial charge < -0.3 is 25.0 Å². The number of likely N-dealkylation sites (tertiary alicyclic amines) is 1. The summed E-state index contributed by atoms with van der Waals surface area (Å²) in [4.78, 5) is 28.0. The van der Waals surface area contributed by atoms with Gasteiger partial charge in [-0.3, -0.25) is 9.59 Å². The minimum Gasteiger partial charge on any atom is -0.497 e. The van der Waals surface area contributed by atoms with E-state index in [4.69, 9.17) is 9.47 Å². The monoisotopic (exact) mass is 429 g/mol. The van der Waals surface area contributed by atoms with Gasteiger partial charge in [-0.25, -0.2) is 0 Å². The highest BCUT2D eigenvalue weighted by atomic mass is 16.5. The summed E-state index contributed by atoms with van der Waals surface area (Å²) in [5, 5.41) is 5.77. The Bertz CT molecular complexity index is 770. The van der Waals surface area contributed by atoms with Gasteiger partial charge in [0.1, 0.15) is 23.6 Å². The third-order valence-corrected chi connectivity index (χ3v) is 6.88. The van der Waals surface area contributed by atoms with Crippen LogP contribution >= 0.6 is 0 Å². The first-order valence-corrected chi connectivity index (χ1v) is 11.8. The van der Waals surface area contributed by atoms with Crippen LogP contribution in [-0.4, -0.2) is 61.6 Å². The van der Waals surface area contributed by atoms with Gasteiger partial charge in [-0.1, -0.05) is 12.8 Å². The smallest absolute Gasteiger partial charge is 0.255 e. The summed E-state index contributed by atoms with van der Waals surface area (Å²) in [5.41, 5.74) is 0.426. The molecule has 1 aliphatic carbocycles. The van der Waals surface area contributed by atoms with Crippen molar-refractivity contribution in [1.29, 1.82) is 0 Å². The van der Waals surface area contributed by atoms with E-state index in [-0.39, 0.29) is 17.9 Å². The van der Waals surface area contributed by atoms with Gasteiger partial charge in [0.05, 0.1) is 12.7 Å². The Morgan fingerprint density at radius 2 is 1.81 bits per heavy atom. The molecule has 0 unspecified atom stereocenters. The van der Waals surface area contributed by atoms with Crippen LogP contribution in [0.4, 0.5) is 0 Å². The van der Waals surface area contributed by atoms with E-state index in [1.807, 2.05) is 12.1 Å². The third-order valence-electron chi connectivity index (χ3n) is 6.88. The fraction of sp³-hybridized carbons (Fsp3) is 0.667. The van der Waals surface area contributed by atoms with E-state index < -0.39 is 6.04 Å². The highest BCUT2D eigenvalue weighted by molar-refractivity contribution is 6.00. The SMILES string of the molecule is COc1ccc(OC2CCN(C3CCCC3)CC2)c(C(=O)N[C@H]2CCCCNC2=O)c1. The van der Waals surface area contributed by atoms with Crippen LogP contribution in [0.5, 0.6) is 11.5 Å². The Kier molecular flexibility index (Phi) is 7.33. The molecule has 0 radical (unpaired) electrons. The van der Waals surface area contributed by atoms with Crippen LogP contribution < -0.4 is 20.1 Å². The number of benzene rings is 1. The van der Waals surface area contributed by atoms with Crippen molar-refractivity contribution in [3.05, 3.63) is 23.8 Å². The number of piperidine rings is 1. The van der Waals surface area contributed by atoms with E-state index in [1.165, 1.54) is 25.7 Å². The molecule has 1 saturated carbocycles. The zero-order valence-electron chi connectivity index (χ0n) is 18.5. The van der Waals surface area contributed by atoms with E-state index in [0.29, 0.717) is 30.0 Å². The highest BCUT2D eigenvalue weighted by Crippen LogP contribution is 2.30. The summed E-state index contributed by atoms with van der Waals surface area (Å²) in [6.45, 7) is 2.77. The summed E-state index contributed by atoms with van der Waals surface area (Å²) < 4.78 is 11.6. The third kappa shape index (κ3) is 5.50. The predicted molar refractivity (Wildman–Crippen MR) is 119 cm³/mol. The summed E-state index contributed by atoms with van der Waals surface area (Å²) in [5.74, 6) is 0.750. The average Bonchev–Trinajstić information content (AvgIpc) is 3.26. The van der Waals surface area contributed by atoms with Crippen molar-refractivity contribution in [2.75, 3.05) is 26.7 Å². The Hall–Kier alpha value is -2.28. The van der Waals surface area contributed by atoms with Crippen molar-refractivity contribution in [3.63, 3.8) is 0 Å². The van der Waals surface area contributed by atoms with E-state index >= 15 is 0 Å². The normalized spacial score (nSPS) is 23.8. The van der Waals surface area contributed by atoms with Crippen LogP contribution in [0, 0.1) is 0 Å². The molecule has 2 N–H and O–H groups in total. The maximum absolute atomic E-state index is 13.1. The van der Waals surface area contributed by atoms with Gasteiger partial charge in [0.15, 0.2) is 0 Å². The van der Waals surface area contributed by atoms with Gasteiger partial charge >= 0.3 is 0 Å². The van der Waals surface area contributed by atoms with E-state index in [0.717, 1.165) is 44.8 Å². The molecule has 2 amide bonds. The maximum Gasteiger partial charge on any atom is 0.255 e. The molecule has 0 bridgehead atoms. The summed E-state index contributed by atoms with van der Waals surface area (Å²) in [7, 11) is 1.58. The number of nitrogens with zero attached hydrogens (tertiary/aromatic N) is 1. The van der Waals surface area contributed by atoms with Gasteiger partial charge in [-0.05, 0) is 63.1 Å². The second-order valence-electron chi connectivity index (χ2n) is 8.97. The van der Waals surface area contributed by atoms with Crippen LogP contribution in [0.2, 0.25) is 0 Å². The number of ether oxygens (including phenoxy) is 2. The van der Waals surface area contributed by atoms with Gasteiger partial charge in [0.25, 0.3) is 5.91 Å². The van der Waals surface area contributed by atoms with E-state index in [1.54, 1.807) is 13.2 Å². The molecule has 0 spiro atoms. The standard InChI is InChI=1S/C24H35N3O4/c1-30-19-9-10-22(31-18-11-14-27(15-12-18)17-6-2-3-7-17)20(16-19)23(28)26-21-8-4-5-13-25-24(21)29/h9-10,16-18,21H,2-8,11-15H2,1H3,(H,25,29)(H,26,28)/t21-/m0/s1. The van der Waals surface area contributed by atoms with Gasteiger partial charge in [0, 0.05) is 25.7 Å². The van der Waals surface area contributed by atoms with E-state index in [2.05, 4.69) is 15.5 Å². The lowest BCUT2D eigenvalue weighted by Crippen LogP contribution is -2.45. The second-order valence-corrected chi connectivity index (χ2v) is 8.97. The molecule has 1 aromatic carbocycles. The zero-order chi connectivity index (χ0) is 21.6. The Morgan fingerprint density at radius 3 is 2.55 bits per heavy atom. The number of amides is 2. The number of nitrogens with one attached hydrogen (secondary N) is 2. The Morgan fingerprint density at radius 1 is 1.06 bits per heavy atom. The molecule has 3 aliphatic rings. The number of methoxy groups -OCH3 is 1. The van der Waals surface area contributed by atoms with Crippen molar-refractivity contribution in [2.45, 2.75) is 76.0 Å². The quantitative estimate of drug-likeness (QED) is 0.727. The van der Waals surface area contributed by atoms with Crippen LogP contribution in [0.15, 0.2) is 18.2 Å². The number of rotatable bonds is 6. The minimum absolute atomic E-state index is 0.0961. The zero-order valence-corrected chi connectivity index (χ0v) is 18.5. The van der Waals surface area contributed by atoms with Crippen LogP contribution in [0.25, 0.3) is 0 Å². The molecule has 170 valence electrons. The Labute approximate surface area is 184 Å². The first-order valence-electron chi connectivity index (χ1n) is 11.8. The van der Waals surface area contributed by atoms with Crippen molar-refractivity contribution < 1.29 is 19.1 Å². The Balaban J connectivity index is 1.41. The molecule has 31 heavy (non-hydrogen) atoms. The molecule has 2 aliphatic heterocycles. The molecule has 1 aromatic rings. The number of carbonyl (C=O) groups excluding carboxylic acids is 2. The molecule has 7 nitrogen and oxygen atoms in total. The van der Waals surface area contributed by atoms with Crippen LogP contribution in [0.3, 0.4) is 0 Å². The second kappa shape index (κ2) is 10.4. The molecule has 3 fully saturated rings. The lowest BCUT2D eigenvalue weighted by molar-refractivity contribution is -0.122. The molecule has 0 aromatic heterocycles. The molecule has 7 heteroatoms. The number of hydrogen-bond acceptors (Lipinski definition) is 5. The van der Waals surface area contributed by atoms with Crippen LogP contribution in [-0.2, 0) is 4.79 Å². The van der Waals surface area contributed by atoms with Crippen molar-refractivity contribution >= 4 is 11.8 Å². The fourth-order valence-electron chi connectivity index (χ4n) is 5.04. The molecular weight excluding hydrogens is 394 g/mol. The van der Waals surface area contributed by atoms with Crippen molar-refractivity contribution in [1.82, 2.24) is 15.5 Å². The van der Waals surface area contributed by atoms with Gasteiger partial charge in [-0.2, -0.15) is 0 Å².